The molecule has 17 heavy (non-hydrogen) atoms. The van der Waals surface area contributed by atoms with Crippen molar-refractivity contribution < 1.29 is 0 Å². The van der Waals surface area contributed by atoms with E-state index >= 15 is 0 Å². The molecule has 0 radical (unpaired) electrons. The van der Waals surface area contributed by atoms with Gasteiger partial charge in [-0.15, -0.1) is 0 Å². The van der Waals surface area contributed by atoms with Crippen LogP contribution in [0.5, 0.6) is 0 Å². The number of anilines is 1. The standard InChI is InChI=1S/C13H16BrN3/c1-10(2)16-13-15-6-7-17(13)9-11-4-3-5-12(14)8-11/h3-8,10H,9H2,1-2H3,(H,15,16). The van der Waals surface area contributed by atoms with Gasteiger partial charge in [-0.2, -0.15) is 0 Å². The van der Waals surface area contributed by atoms with Crippen molar-refractivity contribution in [3.63, 3.8) is 0 Å². The van der Waals surface area contributed by atoms with Gasteiger partial charge in [0.25, 0.3) is 0 Å². The molecule has 1 N–H and O–H groups in total. The highest BCUT2D eigenvalue weighted by atomic mass is 79.9. The maximum absolute atomic E-state index is 4.32. The van der Waals surface area contributed by atoms with Crippen molar-refractivity contribution >= 4 is 21.9 Å². The summed E-state index contributed by atoms with van der Waals surface area (Å²) in [6.45, 7) is 5.05. The van der Waals surface area contributed by atoms with Crippen LogP contribution in [0.3, 0.4) is 0 Å². The summed E-state index contributed by atoms with van der Waals surface area (Å²) < 4.78 is 3.22. The van der Waals surface area contributed by atoms with Crippen LogP contribution in [0.15, 0.2) is 41.1 Å². The average molecular weight is 294 g/mol. The lowest BCUT2D eigenvalue weighted by Crippen LogP contribution is -2.14. The predicted molar refractivity (Wildman–Crippen MR) is 74.2 cm³/mol. The zero-order valence-corrected chi connectivity index (χ0v) is 11.6. The van der Waals surface area contributed by atoms with Gasteiger partial charge in [-0.25, -0.2) is 4.98 Å². The van der Waals surface area contributed by atoms with E-state index < -0.39 is 0 Å². The molecule has 1 aromatic heterocycles. The summed E-state index contributed by atoms with van der Waals surface area (Å²) in [4.78, 5) is 4.32. The minimum absolute atomic E-state index is 0.388. The molecule has 0 amide bonds. The van der Waals surface area contributed by atoms with Crippen molar-refractivity contribution in [3.05, 3.63) is 46.7 Å². The largest absolute Gasteiger partial charge is 0.353 e. The van der Waals surface area contributed by atoms with Gasteiger partial charge in [-0.05, 0) is 31.5 Å². The molecule has 90 valence electrons. The van der Waals surface area contributed by atoms with E-state index in [0.29, 0.717) is 6.04 Å². The summed E-state index contributed by atoms with van der Waals surface area (Å²) >= 11 is 3.48. The SMILES string of the molecule is CC(C)Nc1nccn1Cc1cccc(Br)c1. The molecule has 1 aromatic carbocycles. The van der Waals surface area contributed by atoms with Crippen molar-refractivity contribution in [1.82, 2.24) is 9.55 Å². The third kappa shape index (κ3) is 3.33. The van der Waals surface area contributed by atoms with Crippen LogP contribution in [0.4, 0.5) is 5.95 Å². The van der Waals surface area contributed by atoms with Crippen molar-refractivity contribution in [2.45, 2.75) is 26.4 Å². The van der Waals surface area contributed by atoms with E-state index in [4.69, 9.17) is 0 Å². The van der Waals surface area contributed by atoms with Crippen molar-refractivity contribution in [3.8, 4) is 0 Å². The third-order valence-electron chi connectivity index (χ3n) is 2.38. The van der Waals surface area contributed by atoms with E-state index in [2.05, 4.69) is 56.8 Å². The van der Waals surface area contributed by atoms with Crippen LogP contribution in [-0.4, -0.2) is 15.6 Å². The molecule has 0 unspecified atom stereocenters. The smallest absolute Gasteiger partial charge is 0.203 e. The number of hydrogen-bond acceptors (Lipinski definition) is 2. The van der Waals surface area contributed by atoms with Crippen LogP contribution in [0.2, 0.25) is 0 Å². The first-order valence-electron chi connectivity index (χ1n) is 5.67. The van der Waals surface area contributed by atoms with E-state index in [9.17, 15) is 0 Å². The van der Waals surface area contributed by atoms with Gasteiger partial charge < -0.3 is 9.88 Å². The Morgan fingerprint density at radius 3 is 2.94 bits per heavy atom. The zero-order valence-electron chi connectivity index (χ0n) is 10.0. The molecule has 0 bridgehead atoms. The van der Waals surface area contributed by atoms with Gasteiger partial charge in [0.1, 0.15) is 0 Å². The van der Waals surface area contributed by atoms with Crippen LogP contribution in [0, 0.1) is 0 Å². The number of hydrogen-bond donors (Lipinski definition) is 1. The first-order valence-corrected chi connectivity index (χ1v) is 6.46. The quantitative estimate of drug-likeness (QED) is 0.935. The Bertz CT molecular complexity index is 491. The van der Waals surface area contributed by atoms with Crippen LogP contribution < -0.4 is 5.32 Å². The van der Waals surface area contributed by atoms with Gasteiger partial charge in [-0.1, -0.05) is 28.1 Å². The van der Waals surface area contributed by atoms with Gasteiger partial charge in [-0.3, -0.25) is 0 Å². The van der Waals surface area contributed by atoms with Gasteiger partial charge in [0.2, 0.25) is 5.95 Å². The molecule has 2 aromatic rings. The third-order valence-corrected chi connectivity index (χ3v) is 2.87. The highest BCUT2D eigenvalue weighted by molar-refractivity contribution is 9.10. The van der Waals surface area contributed by atoms with Crippen molar-refractivity contribution in [2.75, 3.05) is 5.32 Å². The highest BCUT2D eigenvalue weighted by Crippen LogP contribution is 2.15. The molecule has 0 aliphatic heterocycles. The number of nitrogens with zero attached hydrogens (tertiary/aromatic N) is 2. The fraction of sp³-hybridized carbons (Fsp3) is 0.308. The van der Waals surface area contributed by atoms with E-state index in [1.165, 1.54) is 5.56 Å². The molecule has 0 aliphatic rings. The molecule has 2 rings (SSSR count). The zero-order chi connectivity index (χ0) is 12.3. The molecule has 0 aliphatic carbocycles. The number of benzene rings is 1. The number of aromatic nitrogens is 2. The molecular formula is C13H16BrN3. The lowest BCUT2D eigenvalue weighted by atomic mass is 10.2. The Labute approximate surface area is 110 Å². The van der Waals surface area contributed by atoms with Gasteiger partial charge in [0, 0.05) is 22.9 Å². The molecule has 1 heterocycles. The number of nitrogens with one attached hydrogen (secondary N) is 1. The average Bonchev–Trinajstić information content (AvgIpc) is 2.65. The summed E-state index contributed by atoms with van der Waals surface area (Å²) in [6.07, 6.45) is 3.81. The lowest BCUT2D eigenvalue weighted by molar-refractivity contribution is 0.773. The molecule has 0 saturated carbocycles. The first kappa shape index (κ1) is 12.2. The van der Waals surface area contributed by atoms with Gasteiger partial charge >= 0.3 is 0 Å². The number of halogens is 1. The summed E-state index contributed by atoms with van der Waals surface area (Å²) in [7, 11) is 0. The second kappa shape index (κ2) is 5.36. The Balaban J connectivity index is 2.16. The normalized spacial score (nSPS) is 10.8. The minimum Gasteiger partial charge on any atom is -0.353 e. The molecule has 0 spiro atoms. The molecular weight excluding hydrogens is 278 g/mol. The van der Waals surface area contributed by atoms with E-state index in [0.717, 1.165) is 17.0 Å². The molecule has 0 saturated heterocycles. The van der Waals surface area contributed by atoms with Crippen LogP contribution in [0.25, 0.3) is 0 Å². The molecule has 3 nitrogen and oxygen atoms in total. The Kier molecular flexibility index (Phi) is 3.84. The summed E-state index contributed by atoms with van der Waals surface area (Å²) in [6, 6.07) is 8.71. The lowest BCUT2D eigenvalue weighted by Gasteiger charge is -2.12. The predicted octanol–water partition coefficient (Wildman–Crippen LogP) is 3.51. The minimum atomic E-state index is 0.388. The topological polar surface area (TPSA) is 29.9 Å². The highest BCUT2D eigenvalue weighted by Gasteiger charge is 2.04. The maximum Gasteiger partial charge on any atom is 0.203 e. The van der Waals surface area contributed by atoms with Gasteiger partial charge in [0.05, 0.1) is 6.54 Å². The monoisotopic (exact) mass is 293 g/mol. The fourth-order valence-electron chi connectivity index (χ4n) is 1.67. The Morgan fingerprint density at radius 1 is 1.41 bits per heavy atom. The Hall–Kier alpha value is -1.29. The van der Waals surface area contributed by atoms with Crippen LogP contribution >= 0.6 is 15.9 Å². The van der Waals surface area contributed by atoms with Crippen LogP contribution in [-0.2, 0) is 6.54 Å². The molecule has 4 heteroatoms. The summed E-state index contributed by atoms with van der Waals surface area (Å²) in [5, 5.41) is 3.33. The first-order chi connectivity index (χ1) is 8.15. The Morgan fingerprint density at radius 2 is 2.24 bits per heavy atom. The van der Waals surface area contributed by atoms with Crippen molar-refractivity contribution in [1.29, 1.82) is 0 Å². The number of rotatable bonds is 4. The summed E-state index contributed by atoms with van der Waals surface area (Å²) in [5.41, 5.74) is 1.25. The maximum atomic E-state index is 4.32. The van der Waals surface area contributed by atoms with E-state index in [-0.39, 0.29) is 0 Å². The molecule has 0 atom stereocenters. The van der Waals surface area contributed by atoms with Gasteiger partial charge in [0.15, 0.2) is 0 Å². The number of imidazole rings is 1. The summed E-state index contributed by atoms with van der Waals surface area (Å²) in [5.74, 6) is 0.917. The second-order valence-electron chi connectivity index (χ2n) is 4.31. The van der Waals surface area contributed by atoms with E-state index in [1.807, 2.05) is 24.5 Å². The fourth-order valence-corrected chi connectivity index (χ4v) is 2.11. The second-order valence-corrected chi connectivity index (χ2v) is 5.22. The van der Waals surface area contributed by atoms with E-state index in [1.54, 1.807) is 0 Å². The molecule has 0 fully saturated rings. The van der Waals surface area contributed by atoms with Crippen molar-refractivity contribution in [2.24, 2.45) is 0 Å². The van der Waals surface area contributed by atoms with Crippen LogP contribution in [0.1, 0.15) is 19.4 Å².